The van der Waals surface area contributed by atoms with E-state index in [0.29, 0.717) is 17.1 Å². The Kier molecular flexibility index (Phi) is 5.53. The van der Waals surface area contributed by atoms with Gasteiger partial charge in [0.05, 0.1) is 19.3 Å². The number of methoxy groups -OCH3 is 1. The molecular formula is C18H15NO5. The maximum Gasteiger partial charge on any atom is 0.349 e. The van der Waals surface area contributed by atoms with Crippen molar-refractivity contribution in [1.29, 1.82) is 5.26 Å². The molecule has 1 aromatic heterocycles. The first-order valence-corrected chi connectivity index (χ1v) is 7.16. The molecule has 0 saturated carbocycles. The number of furan rings is 1. The summed E-state index contributed by atoms with van der Waals surface area (Å²) in [5, 5.41) is 9.01. The predicted octanol–water partition coefficient (Wildman–Crippen LogP) is 3.20. The number of carbonyl (C=O) groups is 2. The number of ether oxygens (including phenoxy) is 2. The van der Waals surface area contributed by atoms with Crippen LogP contribution in [0.3, 0.4) is 0 Å². The second-order valence-corrected chi connectivity index (χ2v) is 4.66. The van der Waals surface area contributed by atoms with Crippen molar-refractivity contribution in [2.75, 3.05) is 13.7 Å². The van der Waals surface area contributed by atoms with E-state index < -0.39 is 11.9 Å². The van der Waals surface area contributed by atoms with Gasteiger partial charge in [-0.05, 0) is 31.2 Å². The molecule has 0 saturated heterocycles. The van der Waals surface area contributed by atoms with Crippen LogP contribution in [0.15, 0.2) is 46.4 Å². The third-order valence-electron chi connectivity index (χ3n) is 3.12. The van der Waals surface area contributed by atoms with Gasteiger partial charge in [0.2, 0.25) is 0 Å². The average Bonchev–Trinajstić information content (AvgIpc) is 3.08. The first-order valence-electron chi connectivity index (χ1n) is 7.16. The predicted molar refractivity (Wildman–Crippen MR) is 85.7 cm³/mol. The van der Waals surface area contributed by atoms with E-state index in [-0.39, 0.29) is 12.2 Å². The highest BCUT2D eigenvalue weighted by atomic mass is 16.5. The lowest BCUT2D eigenvalue weighted by molar-refractivity contribution is -0.137. The molecule has 1 aromatic carbocycles. The van der Waals surface area contributed by atoms with Gasteiger partial charge in [0, 0.05) is 11.6 Å². The molecule has 1 heterocycles. The SMILES string of the molecule is CCOC(=O)C(C#N)=Cc1ccc(-c2ccc(C(=O)OC)cc2)o1. The van der Waals surface area contributed by atoms with Crippen molar-refractivity contribution < 1.29 is 23.5 Å². The van der Waals surface area contributed by atoms with Gasteiger partial charge < -0.3 is 13.9 Å². The highest BCUT2D eigenvalue weighted by Crippen LogP contribution is 2.24. The van der Waals surface area contributed by atoms with E-state index in [4.69, 9.17) is 14.4 Å². The first-order chi connectivity index (χ1) is 11.6. The fourth-order valence-electron chi connectivity index (χ4n) is 1.96. The van der Waals surface area contributed by atoms with Gasteiger partial charge in [0.25, 0.3) is 0 Å². The summed E-state index contributed by atoms with van der Waals surface area (Å²) in [6.45, 7) is 1.85. The quantitative estimate of drug-likeness (QED) is 0.476. The first kappa shape index (κ1) is 17.0. The van der Waals surface area contributed by atoms with Crippen LogP contribution >= 0.6 is 0 Å². The molecular weight excluding hydrogens is 310 g/mol. The second kappa shape index (κ2) is 7.79. The maximum atomic E-state index is 11.6. The zero-order valence-corrected chi connectivity index (χ0v) is 13.2. The molecule has 0 N–H and O–H groups in total. The smallest absolute Gasteiger partial charge is 0.349 e. The number of hydrogen-bond donors (Lipinski definition) is 0. The van der Waals surface area contributed by atoms with Crippen LogP contribution in [0.1, 0.15) is 23.0 Å². The van der Waals surface area contributed by atoms with Crippen molar-refractivity contribution >= 4 is 18.0 Å². The van der Waals surface area contributed by atoms with Crippen LogP contribution in [0.4, 0.5) is 0 Å². The Morgan fingerprint density at radius 1 is 1.21 bits per heavy atom. The van der Waals surface area contributed by atoms with Crippen LogP contribution in [0.5, 0.6) is 0 Å². The summed E-state index contributed by atoms with van der Waals surface area (Å²) in [6.07, 6.45) is 1.32. The monoisotopic (exact) mass is 325 g/mol. The third-order valence-corrected chi connectivity index (χ3v) is 3.12. The minimum Gasteiger partial charge on any atom is -0.465 e. The number of nitrogens with zero attached hydrogens (tertiary/aromatic N) is 1. The summed E-state index contributed by atoms with van der Waals surface area (Å²) in [7, 11) is 1.32. The summed E-state index contributed by atoms with van der Waals surface area (Å²) in [6, 6.07) is 11.8. The highest BCUT2D eigenvalue weighted by Gasteiger charge is 2.12. The van der Waals surface area contributed by atoms with Crippen LogP contribution in [0.2, 0.25) is 0 Å². The summed E-state index contributed by atoms with van der Waals surface area (Å²) < 4.78 is 15.0. The van der Waals surface area contributed by atoms with Gasteiger partial charge in [-0.25, -0.2) is 9.59 Å². The molecule has 0 bridgehead atoms. The number of benzene rings is 1. The van der Waals surface area contributed by atoms with E-state index in [1.165, 1.54) is 13.2 Å². The van der Waals surface area contributed by atoms with Crippen molar-refractivity contribution in [1.82, 2.24) is 0 Å². The Hall–Kier alpha value is -3.33. The minimum atomic E-state index is -0.694. The molecule has 0 spiro atoms. The van der Waals surface area contributed by atoms with Crippen molar-refractivity contribution in [3.63, 3.8) is 0 Å². The lowest BCUT2D eigenvalue weighted by Gasteiger charge is -2.01. The minimum absolute atomic E-state index is 0.140. The molecule has 0 aliphatic carbocycles. The lowest BCUT2D eigenvalue weighted by Crippen LogP contribution is -2.05. The van der Waals surface area contributed by atoms with Crippen LogP contribution in [-0.4, -0.2) is 25.7 Å². The largest absolute Gasteiger partial charge is 0.465 e. The van der Waals surface area contributed by atoms with Crippen LogP contribution < -0.4 is 0 Å². The Labute approximate surface area is 138 Å². The second-order valence-electron chi connectivity index (χ2n) is 4.66. The van der Waals surface area contributed by atoms with Gasteiger partial charge in [-0.2, -0.15) is 5.26 Å². The Morgan fingerprint density at radius 2 is 1.92 bits per heavy atom. The van der Waals surface area contributed by atoms with Crippen molar-refractivity contribution in [3.05, 3.63) is 53.3 Å². The van der Waals surface area contributed by atoms with Crippen molar-refractivity contribution in [2.24, 2.45) is 0 Å². The number of carbonyl (C=O) groups excluding carboxylic acids is 2. The molecule has 0 aliphatic heterocycles. The normalized spacial score (nSPS) is 10.8. The van der Waals surface area contributed by atoms with E-state index in [9.17, 15) is 9.59 Å². The molecule has 2 rings (SSSR count). The molecule has 6 heteroatoms. The molecule has 122 valence electrons. The number of rotatable bonds is 5. The van der Waals surface area contributed by atoms with E-state index in [0.717, 1.165) is 5.56 Å². The molecule has 0 radical (unpaired) electrons. The zero-order valence-electron chi connectivity index (χ0n) is 13.2. The van der Waals surface area contributed by atoms with Gasteiger partial charge in [-0.1, -0.05) is 12.1 Å². The molecule has 2 aromatic rings. The molecule has 0 atom stereocenters. The lowest BCUT2D eigenvalue weighted by atomic mass is 10.1. The molecule has 0 amide bonds. The Morgan fingerprint density at radius 3 is 2.50 bits per heavy atom. The van der Waals surface area contributed by atoms with E-state index in [1.807, 2.05) is 0 Å². The maximum absolute atomic E-state index is 11.6. The standard InChI is InChI=1S/C18H15NO5/c1-3-23-18(21)14(11-19)10-15-8-9-16(24-15)12-4-6-13(7-5-12)17(20)22-2/h4-10H,3H2,1-2H3. The number of hydrogen-bond acceptors (Lipinski definition) is 6. The van der Waals surface area contributed by atoms with Gasteiger partial charge in [0.15, 0.2) is 0 Å². The van der Waals surface area contributed by atoms with Crippen molar-refractivity contribution in [3.8, 4) is 17.4 Å². The molecule has 0 fully saturated rings. The van der Waals surface area contributed by atoms with Crippen LogP contribution in [0.25, 0.3) is 17.4 Å². The summed E-state index contributed by atoms with van der Waals surface area (Å²) >= 11 is 0. The fourth-order valence-corrected chi connectivity index (χ4v) is 1.96. The van der Waals surface area contributed by atoms with E-state index in [1.54, 1.807) is 49.4 Å². The molecule has 6 nitrogen and oxygen atoms in total. The zero-order chi connectivity index (χ0) is 17.5. The van der Waals surface area contributed by atoms with Gasteiger partial charge in [-0.3, -0.25) is 0 Å². The molecule has 0 aliphatic rings. The summed E-state index contributed by atoms with van der Waals surface area (Å²) in [4.78, 5) is 23.0. The third kappa shape index (κ3) is 3.90. The highest BCUT2D eigenvalue weighted by molar-refractivity contribution is 5.97. The average molecular weight is 325 g/mol. The molecule has 24 heavy (non-hydrogen) atoms. The summed E-state index contributed by atoms with van der Waals surface area (Å²) in [5.41, 5.74) is 1.04. The Bertz CT molecular complexity index is 809. The van der Waals surface area contributed by atoms with Crippen LogP contribution in [-0.2, 0) is 14.3 Å². The van der Waals surface area contributed by atoms with Gasteiger partial charge in [0.1, 0.15) is 23.2 Å². The van der Waals surface area contributed by atoms with Gasteiger partial charge in [-0.15, -0.1) is 0 Å². The number of nitriles is 1. The van der Waals surface area contributed by atoms with Gasteiger partial charge >= 0.3 is 11.9 Å². The summed E-state index contributed by atoms with van der Waals surface area (Å²) in [5.74, 6) is -0.219. The van der Waals surface area contributed by atoms with E-state index in [2.05, 4.69) is 4.74 Å². The fraction of sp³-hybridized carbons (Fsp3) is 0.167. The van der Waals surface area contributed by atoms with Crippen molar-refractivity contribution in [2.45, 2.75) is 6.92 Å². The number of esters is 2. The topological polar surface area (TPSA) is 89.5 Å². The molecule has 0 unspecified atom stereocenters. The van der Waals surface area contributed by atoms with E-state index >= 15 is 0 Å². The Balaban J connectivity index is 2.23. The van der Waals surface area contributed by atoms with Crippen LogP contribution in [0, 0.1) is 11.3 Å².